The summed E-state index contributed by atoms with van der Waals surface area (Å²) < 4.78 is 5.98. The van der Waals surface area contributed by atoms with Crippen molar-refractivity contribution < 1.29 is 24.5 Å². The molecule has 0 aliphatic heterocycles. The van der Waals surface area contributed by atoms with E-state index in [0.29, 0.717) is 19.3 Å². The number of aliphatic hydroxyl groups is 2. The van der Waals surface area contributed by atoms with Crippen LogP contribution in [0.25, 0.3) is 0 Å². The van der Waals surface area contributed by atoms with Crippen LogP contribution in [-0.2, 0) is 14.3 Å². The van der Waals surface area contributed by atoms with Gasteiger partial charge in [-0.2, -0.15) is 0 Å². The highest BCUT2D eigenvalue weighted by molar-refractivity contribution is 5.77. The van der Waals surface area contributed by atoms with Crippen molar-refractivity contribution in [2.45, 2.75) is 360 Å². The van der Waals surface area contributed by atoms with Crippen molar-refractivity contribution in [3.63, 3.8) is 0 Å². The number of amides is 1. The van der Waals surface area contributed by atoms with E-state index in [2.05, 4.69) is 50.4 Å². The van der Waals surface area contributed by atoms with E-state index in [0.717, 1.165) is 51.4 Å². The van der Waals surface area contributed by atoms with Crippen molar-refractivity contribution in [1.82, 2.24) is 5.32 Å². The van der Waals surface area contributed by atoms with Crippen LogP contribution in [0.1, 0.15) is 342 Å². The second-order valence-corrected chi connectivity index (χ2v) is 21.5. The Morgan fingerprint density at radius 1 is 0.406 bits per heavy atom. The van der Waals surface area contributed by atoms with Crippen LogP contribution in [0.5, 0.6) is 0 Å². The molecule has 0 aliphatic rings. The maximum atomic E-state index is 13.3. The Morgan fingerprint density at radius 3 is 1.03 bits per heavy atom. The number of hydrogen-bond acceptors (Lipinski definition) is 5. The Morgan fingerprint density at radius 2 is 0.696 bits per heavy atom. The van der Waals surface area contributed by atoms with Crippen LogP contribution in [-0.4, -0.2) is 46.9 Å². The van der Waals surface area contributed by atoms with Crippen LogP contribution in [0.3, 0.4) is 0 Å². The monoisotopic (exact) mass is 972 g/mol. The lowest BCUT2D eigenvalue weighted by Gasteiger charge is -2.24. The molecule has 3 unspecified atom stereocenters. The standard InChI is InChI=1S/C63H121NO5/c1-4-7-10-13-16-19-22-25-28-30-31-33-35-38-41-44-47-50-53-56-63(68)69-59(54-51-48-45-42-39-36-34-32-29-26-23-20-17-14-11-8-5-2)57-62(67)64-60(58-65)61(66)55-52-49-46-43-40-37-27-24-21-18-15-12-9-6-3/h25-26,28-29,59-61,65-66H,4-24,27,30-58H2,1-3H3,(H,64,67)/b28-25+,29-26+. The number of carbonyl (C=O) groups is 2. The highest BCUT2D eigenvalue weighted by atomic mass is 16.5. The summed E-state index contributed by atoms with van der Waals surface area (Å²) in [6.45, 7) is 6.52. The number of rotatable bonds is 57. The van der Waals surface area contributed by atoms with E-state index >= 15 is 0 Å². The molecule has 0 heterocycles. The molecule has 0 aliphatic carbocycles. The first kappa shape index (κ1) is 67.3. The van der Waals surface area contributed by atoms with Crippen LogP contribution in [0.4, 0.5) is 0 Å². The van der Waals surface area contributed by atoms with Crippen LogP contribution < -0.4 is 5.32 Å². The normalized spacial score (nSPS) is 13.2. The average molecular weight is 973 g/mol. The van der Waals surface area contributed by atoms with E-state index in [1.54, 1.807) is 0 Å². The number of unbranched alkanes of at least 4 members (excludes halogenated alkanes) is 41. The number of hydrogen-bond donors (Lipinski definition) is 3. The number of aliphatic hydroxyl groups excluding tert-OH is 2. The lowest BCUT2D eigenvalue weighted by molar-refractivity contribution is -0.151. The zero-order valence-corrected chi connectivity index (χ0v) is 46.7. The molecule has 408 valence electrons. The summed E-state index contributed by atoms with van der Waals surface area (Å²) in [4.78, 5) is 26.4. The minimum Gasteiger partial charge on any atom is -0.462 e. The predicted molar refractivity (Wildman–Crippen MR) is 301 cm³/mol. The first-order valence-electron chi connectivity index (χ1n) is 31.1. The predicted octanol–water partition coefficient (Wildman–Crippen LogP) is 19.4. The van der Waals surface area contributed by atoms with Gasteiger partial charge in [0.1, 0.15) is 6.10 Å². The van der Waals surface area contributed by atoms with E-state index in [4.69, 9.17) is 4.74 Å². The molecular weight excluding hydrogens is 851 g/mol. The third kappa shape index (κ3) is 52.5. The van der Waals surface area contributed by atoms with E-state index in [1.165, 1.54) is 244 Å². The maximum absolute atomic E-state index is 13.3. The van der Waals surface area contributed by atoms with Gasteiger partial charge in [0.15, 0.2) is 0 Å². The zero-order chi connectivity index (χ0) is 50.2. The molecule has 0 rings (SSSR count). The zero-order valence-electron chi connectivity index (χ0n) is 46.7. The molecule has 6 nitrogen and oxygen atoms in total. The minimum absolute atomic E-state index is 0.0790. The summed E-state index contributed by atoms with van der Waals surface area (Å²) in [5.74, 6) is -0.459. The molecule has 3 atom stereocenters. The number of esters is 1. The number of carbonyl (C=O) groups excluding carboxylic acids is 2. The average Bonchev–Trinajstić information content (AvgIpc) is 3.34. The molecule has 1 amide bonds. The van der Waals surface area contributed by atoms with Crippen LogP contribution in [0, 0.1) is 0 Å². The SMILES string of the molecule is CCCCCCCC/C=C/CCCCCCCCCCCC(=O)OC(CCCCCCCCC/C=C/CCCCCCCC)CC(=O)NC(CO)C(O)CCCCCCCCCCCCCCCC. The fourth-order valence-corrected chi connectivity index (χ4v) is 9.78. The van der Waals surface area contributed by atoms with E-state index in [1.807, 2.05) is 0 Å². The third-order valence-corrected chi connectivity index (χ3v) is 14.5. The van der Waals surface area contributed by atoms with Gasteiger partial charge in [-0.1, -0.05) is 276 Å². The van der Waals surface area contributed by atoms with Gasteiger partial charge in [-0.3, -0.25) is 9.59 Å². The van der Waals surface area contributed by atoms with Gasteiger partial charge in [0.2, 0.25) is 5.91 Å². The molecule has 3 N–H and O–H groups in total. The van der Waals surface area contributed by atoms with Crippen molar-refractivity contribution in [2.24, 2.45) is 0 Å². The summed E-state index contributed by atoms with van der Waals surface area (Å²) >= 11 is 0. The van der Waals surface area contributed by atoms with Crippen molar-refractivity contribution in [1.29, 1.82) is 0 Å². The molecule has 6 heteroatoms. The van der Waals surface area contributed by atoms with Crippen molar-refractivity contribution in [3.05, 3.63) is 24.3 Å². The fraction of sp³-hybridized carbons (Fsp3) is 0.905. The second kappa shape index (κ2) is 57.2. The molecule has 69 heavy (non-hydrogen) atoms. The number of ether oxygens (including phenoxy) is 1. The quantitative estimate of drug-likeness (QED) is 0.0321. The van der Waals surface area contributed by atoms with Crippen LogP contribution in [0.15, 0.2) is 24.3 Å². The summed E-state index contributed by atoms with van der Waals surface area (Å²) in [7, 11) is 0. The van der Waals surface area contributed by atoms with Crippen molar-refractivity contribution >= 4 is 11.9 Å². The topological polar surface area (TPSA) is 95.9 Å². The van der Waals surface area contributed by atoms with Gasteiger partial charge in [0.05, 0.1) is 25.2 Å². The number of nitrogens with one attached hydrogen (secondary N) is 1. The molecule has 0 fully saturated rings. The second-order valence-electron chi connectivity index (χ2n) is 21.5. The minimum atomic E-state index is -0.787. The van der Waals surface area contributed by atoms with Crippen LogP contribution in [0.2, 0.25) is 0 Å². The van der Waals surface area contributed by atoms with Gasteiger partial charge in [0, 0.05) is 6.42 Å². The Hall–Kier alpha value is -1.66. The molecule has 0 aromatic rings. The molecule has 0 saturated heterocycles. The Balaban J connectivity index is 4.52. The molecule has 0 spiro atoms. The first-order chi connectivity index (χ1) is 34.0. The Labute approximate surface area is 431 Å². The van der Waals surface area contributed by atoms with E-state index < -0.39 is 18.2 Å². The van der Waals surface area contributed by atoms with Gasteiger partial charge in [-0.25, -0.2) is 0 Å². The van der Waals surface area contributed by atoms with Crippen LogP contribution >= 0.6 is 0 Å². The molecule has 0 aromatic heterocycles. The van der Waals surface area contributed by atoms with Gasteiger partial charge in [-0.05, 0) is 77.0 Å². The molecule has 0 radical (unpaired) electrons. The van der Waals surface area contributed by atoms with Crippen molar-refractivity contribution in [2.75, 3.05) is 6.61 Å². The summed E-state index contributed by atoms with van der Waals surface area (Å²) in [5.41, 5.74) is 0. The Bertz CT molecular complexity index is 1090. The van der Waals surface area contributed by atoms with Crippen molar-refractivity contribution in [3.8, 4) is 0 Å². The molecule has 0 aromatic carbocycles. The largest absolute Gasteiger partial charge is 0.462 e. The summed E-state index contributed by atoms with van der Waals surface area (Å²) in [6, 6.07) is -0.701. The van der Waals surface area contributed by atoms with Gasteiger partial charge < -0.3 is 20.3 Å². The third-order valence-electron chi connectivity index (χ3n) is 14.5. The molecular formula is C63H121NO5. The smallest absolute Gasteiger partial charge is 0.306 e. The lowest BCUT2D eigenvalue weighted by Crippen LogP contribution is -2.46. The van der Waals surface area contributed by atoms with E-state index in [9.17, 15) is 19.8 Å². The van der Waals surface area contributed by atoms with Gasteiger partial charge in [-0.15, -0.1) is 0 Å². The first-order valence-corrected chi connectivity index (χ1v) is 31.1. The highest BCUT2D eigenvalue weighted by Crippen LogP contribution is 2.19. The summed E-state index contributed by atoms with van der Waals surface area (Å²) in [6.07, 6.45) is 68.2. The highest BCUT2D eigenvalue weighted by Gasteiger charge is 2.24. The maximum Gasteiger partial charge on any atom is 0.306 e. The van der Waals surface area contributed by atoms with Gasteiger partial charge in [0.25, 0.3) is 0 Å². The number of allylic oxidation sites excluding steroid dienone is 4. The molecule has 0 saturated carbocycles. The Kier molecular flexibility index (Phi) is 55.9. The van der Waals surface area contributed by atoms with E-state index in [-0.39, 0.29) is 24.9 Å². The fourth-order valence-electron chi connectivity index (χ4n) is 9.78. The summed E-state index contributed by atoms with van der Waals surface area (Å²) in [5, 5.41) is 23.9. The van der Waals surface area contributed by atoms with Gasteiger partial charge >= 0.3 is 5.97 Å². The lowest BCUT2D eigenvalue weighted by atomic mass is 10.0. The molecule has 0 bridgehead atoms.